The van der Waals surface area contributed by atoms with Crippen molar-refractivity contribution < 1.29 is 30.4 Å². The first-order chi connectivity index (χ1) is 28.1. The summed E-state index contributed by atoms with van der Waals surface area (Å²) in [5.41, 5.74) is 11.7. The smallest absolute Gasteiger partial charge is 0.268 e. The summed E-state index contributed by atoms with van der Waals surface area (Å²) in [7, 11) is 0. The second-order valence-electron chi connectivity index (χ2n) is 18.6. The molecule has 0 N–H and O–H groups in total. The number of ether oxygens (including phenoxy) is 1. The Labute approximate surface area is 367 Å². The standard InChI is InChI=1S/C53H49N5O.Pt/c1-51(2,3)37-16-13-17-40(27-37)56-34-57(47-23-19-38(28-49(47)56)52(4,5)6)41-30-43(33-54-32-41)59-42-20-21-44-45-26-36(35-14-11-10-12-15-35)18-22-46(45)58(48(44)31-42)50-29-39(24-25-55-50)53(7,8)9;/h10-29,32-33H,1-9H3;/q-2;. The summed E-state index contributed by atoms with van der Waals surface area (Å²) in [4.78, 5) is 9.54. The van der Waals surface area contributed by atoms with Crippen LogP contribution in [0.2, 0.25) is 0 Å². The molecular formula is C53H49N5OPt-2. The molecule has 6 nitrogen and oxygen atoms in total. The van der Waals surface area contributed by atoms with E-state index in [1.807, 2.05) is 22.9 Å². The maximum Gasteiger partial charge on any atom is 0.268 e. The van der Waals surface area contributed by atoms with Crippen LogP contribution in [0.4, 0.5) is 0 Å². The minimum atomic E-state index is -0.0458. The van der Waals surface area contributed by atoms with Crippen LogP contribution in [-0.2, 0) is 37.3 Å². The number of pyridine rings is 2. The molecule has 0 fully saturated rings. The summed E-state index contributed by atoms with van der Waals surface area (Å²) in [6.07, 6.45) is 9.05. The van der Waals surface area contributed by atoms with Crippen LogP contribution in [0, 0.1) is 18.5 Å². The van der Waals surface area contributed by atoms with E-state index in [9.17, 15) is 0 Å². The first-order valence-corrected chi connectivity index (χ1v) is 20.3. The van der Waals surface area contributed by atoms with Gasteiger partial charge in [0.25, 0.3) is 6.33 Å². The van der Waals surface area contributed by atoms with Crippen molar-refractivity contribution in [2.45, 2.75) is 78.6 Å². The van der Waals surface area contributed by atoms with Gasteiger partial charge in [0, 0.05) is 44.3 Å². The first-order valence-electron chi connectivity index (χ1n) is 20.3. The van der Waals surface area contributed by atoms with Crippen molar-refractivity contribution >= 4 is 32.8 Å². The number of fused-ring (bicyclic) bond motifs is 4. The third-order valence-electron chi connectivity index (χ3n) is 11.2. The summed E-state index contributed by atoms with van der Waals surface area (Å²) in [5, 5.41) is 2.18. The van der Waals surface area contributed by atoms with Crippen molar-refractivity contribution in [3.05, 3.63) is 169 Å². The topological polar surface area (TPSA) is 48.8 Å². The molecule has 0 atom stereocenters. The van der Waals surface area contributed by atoms with E-state index in [0.717, 1.165) is 49.9 Å². The zero-order chi connectivity index (χ0) is 41.3. The third-order valence-corrected chi connectivity index (χ3v) is 11.2. The monoisotopic (exact) mass is 966 g/mol. The average Bonchev–Trinajstić information content (AvgIpc) is 3.76. The van der Waals surface area contributed by atoms with Crippen molar-refractivity contribution in [1.82, 2.24) is 19.1 Å². The van der Waals surface area contributed by atoms with Crippen molar-refractivity contribution in [2.24, 2.45) is 0 Å². The van der Waals surface area contributed by atoms with Crippen LogP contribution in [0.1, 0.15) is 79.0 Å². The molecule has 0 bridgehead atoms. The molecule has 4 aromatic heterocycles. The molecule has 0 aliphatic rings. The predicted octanol–water partition coefficient (Wildman–Crippen LogP) is 12.5. The molecule has 4 heterocycles. The van der Waals surface area contributed by atoms with Crippen molar-refractivity contribution in [3.63, 3.8) is 0 Å². The van der Waals surface area contributed by atoms with Crippen LogP contribution in [0.5, 0.6) is 11.5 Å². The number of hydrogen-bond acceptors (Lipinski definition) is 3. The van der Waals surface area contributed by atoms with Gasteiger partial charge in [0.2, 0.25) is 0 Å². The van der Waals surface area contributed by atoms with Crippen molar-refractivity contribution in [1.29, 1.82) is 0 Å². The second-order valence-corrected chi connectivity index (χ2v) is 18.6. The van der Waals surface area contributed by atoms with Gasteiger partial charge in [-0.15, -0.1) is 23.6 Å². The number of hydrogen-bond donors (Lipinski definition) is 0. The van der Waals surface area contributed by atoms with Gasteiger partial charge in [-0.05, 0) is 97.7 Å². The summed E-state index contributed by atoms with van der Waals surface area (Å²) >= 11 is 0. The van der Waals surface area contributed by atoms with Crippen LogP contribution < -0.4 is 9.30 Å². The Morgan fingerprint density at radius 3 is 2.05 bits per heavy atom. The molecule has 0 saturated carbocycles. The molecule has 0 radical (unpaired) electrons. The molecule has 0 saturated heterocycles. The van der Waals surface area contributed by atoms with Crippen molar-refractivity contribution in [3.8, 4) is 39.8 Å². The average molecular weight is 967 g/mol. The quantitative estimate of drug-likeness (QED) is 0.123. The van der Waals surface area contributed by atoms with Gasteiger partial charge in [0.05, 0.1) is 16.7 Å². The SMILES string of the molecule is CC(C)(C)c1cccc(-[n+]2[c-]n(-c3[c-]c(Oc4[c-]c5c(cc4)c4cc(-c6ccccc6)ccc4n5-c4cc(C(C)(C)C)ccn4)cnc3)c3ccc(C(C)(C)C)cc32)c1.[Pt]. The Balaban J connectivity index is 0.00000499. The molecule has 0 aliphatic carbocycles. The minimum absolute atomic E-state index is 0. The molecule has 60 heavy (non-hydrogen) atoms. The van der Waals surface area contributed by atoms with Gasteiger partial charge < -0.3 is 18.9 Å². The zero-order valence-electron chi connectivity index (χ0n) is 35.7. The predicted molar refractivity (Wildman–Crippen MR) is 239 cm³/mol. The third kappa shape index (κ3) is 7.70. The number of imidazole rings is 1. The first kappa shape index (κ1) is 40.9. The van der Waals surface area contributed by atoms with Crippen LogP contribution >= 0.6 is 0 Å². The van der Waals surface area contributed by atoms with Gasteiger partial charge >= 0.3 is 0 Å². The Hall–Kier alpha value is -5.84. The molecule has 0 aliphatic heterocycles. The Morgan fingerprint density at radius 2 is 1.30 bits per heavy atom. The summed E-state index contributed by atoms with van der Waals surface area (Å²) in [5.74, 6) is 1.86. The van der Waals surface area contributed by atoms with Crippen LogP contribution in [0.15, 0.2) is 134 Å². The van der Waals surface area contributed by atoms with Gasteiger partial charge in [-0.3, -0.25) is 4.57 Å². The van der Waals surface area contributed by atoms with E-state index in [1.54, 1.807) is 12.4 Å². The van der Waals surface area contributed by atoms with Gasteiger partial charge in [-0.1, -0.05) is 141 Å². The van der Waals surface area contributed by atoms with E-state index in [4.69, 9.17) is 9.72 Å². The molecule has 5 aromatic carbocycles. The molecule has 0 spiro atoms. The normalized spacial score (nSPS) is 12.3. The van der Waals surface area contributed by atoms with E-state index in [1.165, 1.54) is 22.3 Å². The number of rotatable bonds is 6. The van der Waals surface area contributed by atoms with Crippen LogP contribution in [0.3, 0.4) is 0 Å². The molecule has 9 rings (SSSR count). The molecule has 304 valence electrons. The van der Waals surface area contributed by atoms with Crippen LogP contribution in [-0.4, -0.2) is 19.1 Å². The van der Waals surface area contributed by atoms with E-state index in [0.29, 0.717) is 17.2 Å². The van der Waals surface area contributed by atoms with E-state index in [2.05, 4.69) is 198 Å². The van der Waals surface area contributed by atoms with Gasteiger partial charge in [-0.25, -0.2) is 4.98 Å². The number of benzene rings is 5. The maximum absolute atomic E-state index is 6.59. The minimum Gasteiger partial charge on any atom is -0.508 e. The Morgan fingerprint density at radius 1 is 0.583 bits per heavy atom. The second kappa shape index (κ2) is 15.3. The summed E-state index contributed by atoms with van der Waals surface area (Å²) in [6, 6.07) is 48.0. The summed E-state index contributed by atoms with van der Waals surface area (Å²) < 4.78 is 12.9. The molecule has 0 amide bonds. The number of nitrogens with zero attached hydrogens (tertiary/aromatic N) is 5. The van der Waals surface area contributed by atoms with Gasteiger partial charge in [0.15, 0.2) is 0 Å². The fraction of sp³-hybridized carbons (Fsp3) is 0.226. The van der Waals surface area contributed by atoms with Crippen LogP contribution in [0.25, 0.3) is 61.2 Å². The Bertz CT molecular complexity index is 3030. The van der Waals surface area contributed by atoms with E-state index >= 15 is 0 Å². The summed E-state index contributed by atoms with van der Waals surface area (Å²) in [6.45, 7) is 20.1. The van der Waals surface area contributed by atoms with Gasteiger partial charge in [0.1, 0.15) is 5.82 Å². The van der Waals surface area contributed by atoms with E-state index < -0.39 is 0 Å². The Kier molecular flexibility index (Phi) is 10.4. The maximum atomic E-state index is 6.59. The molecular weight excluding hydrogens is 918 g/mol. The fourth-order valence-corrected chi connectivity index (χ4v) is 7.75. The largest absolute Gasteiger partial charge is 0.508 e. The van der Waals surface area contributed by atoms with Crippen molar-refractivity contribution in [2.75, 3.05) is 0 Å². The number of aromatic nitrogens is 5. The van der Waals surface area contributed by atoms with Gasteiger partial charge in [-0.2, -0.15) is 6.07 Å². The fourth-order valence-electron chi connectivity index (χ4n) is 7.75. The van der Waals surface area contributed by atoms with E-state index in [-0.39, 0.29) is 37.3 Å². The molecule has 7 heteroatoms. The zero-order valence-corrected chi connectivity index (χ0v) is 37.9. The molecule has 9 aromatic rings. The molecule has 0 unspecified atom stereocenters.